The second kappa shape index (κ2) is 7.60. The highest BCUT2D eigenvalue weighted by molar-refractivity contribution is 5.90. The minimum atomic E-state index is -0.550. The highest BCUT2D eigenvalue weighted by Crippen LogP contribution is 2.33. The predicted molar refractivity (Wildman–Crippen MR) is 115 cm³/mol. The van der Waals surface area contributed by atoms with Gasteiger partial charge in [0.25, 0.3) is 0 Å². The average molecular weight is 397 g/mol. The van der Waals surface area contributed by atoms with Crippen molar-refractivity contribution < 1.29 is 4.39 Å². The number of pyridine rings is 1. The van der Waals surface area contributed by atoms with Crippen LogP contribution in [0.2, 0.25) is 0 Å². The molecule has 4 aromatic rings. The predicted octanol–water partition coefficient (Wildman–Crippen LogP) is 5.09. The number of halogens is 1. The van der Waals surface area contributed by atoms with Gasteiger partial charge in [-0.3, -0.25) is 4.57 Å². The van der Waals surface area contributed by atoms with Crippen molar-refractivity contribution in [2.45, 2.75) is 19.3 Å². The standard InChI is InChI=1S/C24H20FN5/c25-20-15-17(9-10-18(20)16-26)23-28-22-21(29-13-5-2-6-14-29)11-12-27-24(22)30(23)19-7-3-1-4-8-19/h1,3-4,7-12,15H,2,5-6,13-14H2. The Morgan fingerprint density at radius 2 is 1.77 bits per heavy atom. The Kier molecular flexibility index (Phi) is 4.64. The normalized spacial score (nSPS) is 14.1. The highest BCUT2D eigenvalue weighted by Gasteiger charge is 2.21. The van der Waals surface area contributed by atoms with E-state index in [2.05, 4.69) is 9.88 Å². The van der Waals surface area contributed by atoms with Gasteiger partial charge in [-0.1, -0.05) is 18.2 Å². The molecule has 0 amide bonds. The molecule has 1 aliphatic heterocycles. The molecule has 1 saturated heterocycles. The molecular formula is C24H20FN5. The molecule has 0 unspecified atom stereocenters. The maximum atomic E-state index is 14.4. The largest absolute Gasteiger partial charge is 0.370 e. The van der Waals surface area contributed by atoms with Crippen molar-refractivity contribution in [3.63, 3.8) is 0 Å². The number of benzene rings is 2. The van der Waals surface area contributed by atoms with E-state index in [4.69, 9.17) is 10.2 Å². The molecule has 0 aliphatic carbocycles. The topological polar surface area (TPSA) is 57.7 Å². The number of imidazole rings is 1. The second-order valence-corrected chi connectivity index (χ2v) is 7.46. The third kappa shape index (κ3) is 3.09. The van der Waals surface area contributed by atoms with E-state index >= 15 is 0 Å². The van der Waals surface area contributed by atoms with Crippen molar-refractivity contribution >= 4 is 16.9 Å². The maximum absolute atomic E-state index is 14.4. The number of rotatable bonds is 3. The van der Waals surface area contributed by atoms with Crippen LogP contribution in [0.3, 0.4) is 0 Å². The fourth-order valence-electron chi connectivity index (χ4n) is 4.11. The molecule has 5 nitrogen and oxygen atoms in total. The van der Waals surface area contributed by atoms with E-state index in [1.165, 1.54) is 18.6 Å². The number of para-hydroxylation sites is 1. The number of piperidine rings is 1. The first-order valence-electron chi connectivity index (χ1n) is 10.1. The Hall–Kier alpha value is -3.72. The number of hydrogen-bond donors (Lipinski definition) is 0. The molecule has 0 atom stereocenters. The Morgan fingerprint density at radius 3 is 2.50 bits per heavy atom. The van der Waals surface area contributed by atoms with Crippen molar-refractivity contribution in [1.82, 2.24) is 14.5 Å². The highest BCUT2D eigenvalue weighted by atomic mass is 19.1. The first kappa shape index (κ1) is 18.3. The summed E-state index contributed by atoms with van der Waals surface area (Å²) in [4.78, 5) is 11.9. The third-order valence-corrected chi connectivity index (χ3v) is 5.58. The maximum Gasteiger partial charge on any atom is 0.167 e. The quantitative estimate of drug-likeness (QED) is 0.483. The van der Waals surface area contributed by atoms with E-state index in [9.17, 15) is 4.39 Å². The molecule has 1 fully saturated rings. The van der Waals surface area contributed by atoms with Crippen LogP contribution in [-0.2, 0) is 0 Å². The second-order valence-electron chi connectivity index (χ2n) is 7.46. The molecule has 0 bridgehead atoms. The van der Waals surface area contributed by atoms with Crippen molar-refractivity contribution in [2.24, 2.45) is 0 Å². The lowest BCUT2D eigenvalue weighted by Gasteiger charge is -2.28. The monoisotopic (exact) mass is 397 g/mol. The van der Waals surface area contributed by atoms with Crippen molar-refractivity contribution in [1.29, 1.82) is 5.26 Å². The van der Waals surface area contributed by atoms with Gasteiger partial charge in [0.1, 0.15) is 23.2 Å². The van der Waals surface area contributed by atoms with E-state index < -0.39 is 5.82 Å². The van der Waals surface area contributed by atoms with E-state index in [-0.39, 0.29) is 5.56 Å². The minimum absolute atomic E-state index is 0.0215. The first-order valence-corrected chi connectivity index (χ1v) is 10.1. The first-order chi connectivity index (χ1) is 14.8. The molecule has 30 heavy (non-hydrogen) atoms. The summed E-state index contributed by atoms with van der Waals surface area (Å²) < 4.78 is 16.4. The van der Waals surface area contributed by atoms with Crippen LogP contribution in [0.25, 0.3) is 28.2 Å². The van der Waals surface area contributed by atoms with Gasteiger partial charge in [0.15, 0.2) is 5.65 Å². The zero-order valence-electron chi connectivity index (χ0n) is 16.4. The third-order valence-electron chi connectivity index (χ3n) is 5.58. The number of fused-ring (bicyclic) bond motifs is 1. The Balaban J connectivity index is 1.77. The molecule has 2 aromatic carbocycles. The Bertz CT molecular complexity index is 1250. The number of aromatic nitrogens is 3. The molecule has 0 saturated carbocycles. The van der Waals surface area contributed by atoms with Crippen molar-refractivity contribution in [3.05, 3.63) is 72.2 Å². The number of nitrogens with zero attached hydrogens (tertiary/aromatic N) is 5. The van der Waals surface area contributed by atoms with E-state index in [1.54, 1.807) is 6.07 Å². The summed E-state index contributed by atoms with van der Waals surface area (Å²) in [5.41, 5.74) is 4.14. The van der Waals surface area contributed by atoms with E-state index in [1.807, 2.05) is 53.2 Å². The smallest absolute Gasteiger partial charge is 0.167 e. The molecule has 6 heteroatoms. The van der Waals surface area contributed by atoms with E-state index in [0.29, 0.717) is 11.4 Å². The van der Waals surface area contributed by atoms with Gasteiger partial charge in [0, 0.05) is 30.5 Å². The van der Waals surface area contributed by atoms with Crippen LogP contribution in [-0.4, -0.2) is 27.6 Å². The van der Waals surface area contributed by atoms with Crippen molar-refractivity contribution in [3.8, 4) is 23.1 Å². The summed E-state index contributed by atoms with van der Waals surface area (Å²) in [5.74, 6) is 0.0578. The van der Waals surface area contributed by atoms with Crippen LogP contribution < -0.4 is 4.90 Å². The molecule has 5 rings (SSSR count). The molecule has 148 valence electrons. The summed E-state index contributed by atoms with van der Waals surface area (Å²) in [6.07, 6.45) is 5.39. The van der Waals surface area contributed by atoms with Gasteiger partial charge in [-0.05, 0) is 55.7 Å². The minimum Gasteiger partial charge on any atom is -0.370 e. The Morgan fingerprint density at radius 1 is 0.967 bits per heavy atom. The van der Waals surface area contributed by atoms with E-state index in [0.717, 1.165) is 48.5 Å². The fourth-order valence-corrected chi connectivity index (χ4v) is 4.11. The van der Waals surface area contributed by atoms with Gasteiger partial charge in [-0.15, -0.1) is 0 Å². The molecular weight excluding hydrogens is 377 g/mol. The Labute approximate surface area is 174 Å². The van der Waals surface area contributed by atoms with Crippen LogP contribution in [0, 0.1) is 17.1 Å². The number of nitriles is 1. The van der Waals surface area contributed by atoms with Gasteiger partial charge in [-0.25, -0.2) is 14.4 Å². The lowest BCUT2D eigenvalue weighted by Crippen LogP contribution is -2.29. The van der Waals surface area contributed by atoms with Gasteiger partial charge in [0.05, 0.1) is 11.3 Å². The molecule has 3 heterocycles. The number of anilines is 1. The van der Waals surface area contributed by atoms with Crippen LogP contribution in [0.4, 0.5) is 10.1 Å². The summed E-state index contributed by atoms with van der Waals surface area (Å²) in [7, 11) is 0. The van der Waals surface area contributed by atoms with Crippen molar-refractivity contribution in [2.75, 3.05) is 18.0 Å². The van der Waals surface area contributed by atoms with Crippen LogP contribution in [0.5, 0.6) is 0 Å². The molecule has 0 spiro atoms. The fraction of sp³-hybridized carbons (Fsp3) is 0.208. The zero-order chi connectivity index (χ0) is 20.5. The van der Waals surface area contributed by atoms with Gasteiger partial charge in [0.2, 0.25) is 0 Å². The van der Waals surface area contributed by atoms with Crippen LogP contribution >= 0.6 is 0 Å². The van der Waals surface area contributed by atoms with Crippen LogP contribution in [0.1, 0.15) is 24.8 Å². The number of hydrogen-bond acceptors (Lipinski definition) is 4. The summed E-state index contributed by atoms with van der Waals surface area (Å²) in [5, 5.41) is 9.08. The lowest BCUT2D eigenvalue weighted by molar-refractivity contribution is 0.578. The molecule has 2 aromatic heterocycles. The summed E-state index contributed by atoms with van der Waals surface area (Å²) >= 11 is 0. The van der Waals surface area contributed by atoms with Crippen LogP contribution in [0.15, 0.2) is 60.8 Å². The molecule has 0 N–H and O–H groups in total. The zero-order valence-corrected chi connectivity index (χ0v) is 16.4. The van der Waals surface area contributed by atoms with Gasteiger partial charge >= 0.3 is 0 Å². The van der Waals surface area contributed by atoms with Gasteiger partial charge < -0.3 is 4.90 Å². The summed E-state index contributed by atoms with van der Waals surface area (Å²) in [6.45, 7) is 2.00. The average Bonchev–Trinajstić information content (AvgIpc) is 3.20. The SMILES string of the molecule is N#Cc1ccc(-c2nc3c(N4CCCCC4)ccnc3n2-c2ccccc2)cc1F. The molecule has 0 radical (unpaired) electrons. The lowest BCUT2D eigenvalue weighted by atomic mass is 10.1. The summed E-state index contributed by atoms with van der Waals surface area (Å²) in [6, 6.07) is 18.3. The van der Waals surface area contributed by atoms with Gasteiger partial charge in [-0.2, -0.15) is 5.26 Å². The molecule has 1 aliphatic rings.